The maximum Gasteiger partial charge on any atom is 0.120 e. The Morgan fingerprint density at radius 2 is 2.05 bits per heavy atom. The normalized spacial score (nSPS) is 15.7. The molecule has 1 aromatic carbocycles. The Kier molecular flexibility index (Phi) is 4.46. The van der Waals surface area contributed by atoms with E-state index in [-0.39, 0.29) is 6.04 Å². The van der Waals surface area contributed by atoms with Crippen LogP contribution in [0.3, 0.4) is 0 Å². The van der Waals surface area contributed by atoms with Crippen LogP contribution < -0.4 is 10.1 Å². The van der Waals surface area contributed by atoms with Crippen LogP contribution in [0, 0.1) is 0 Å². The Labute approximate surface area is 125 Å². The summed E-state index contributed by atoms with van der Waals surface area (Å²) in [5.74, 6) is 0.954. The molecule has 1 aromatic heterocycles. The van der Waals surface area contributed by atoms with Crippen LogP contribution in [-0.2, 0) is 0 Å². The number of nitrogens with zero attached hydrogens (tertiary/aromatic N) is 2. The standard InChI is InChI=1S/C17H21N3O/c1-2-8-20-17(14-10-18-12-19-11-14)13-4-3-5-16(9-13)21-15-6-7-15/h3-5,9-12,15,17,20H,2,6-8H2,1H3. The van der Waals surface area contributed by atoms with E-state index < -0.39 is 0 Å². The minimum atomic E-state index is 0.105. The molecule has 1 saturated carbocycles. The first-order valence-electron chi connectivity index (χ1n) is 7.61. The van der Waals surface area contributed by atoms with Gasteiger partial charge in [-0.3, -0.25) is 0 Å². The highest BCUT2D eigenvalue weighted by Crippen LogP contribution is 2.29. The highest BCUT2D eigenvalue weighted by molar-refractivity contribution is 5.35. The van der Waals surface area contributed by atoms with Crippen LogP contribution in [0.15, 0.2) is 43.0 Å². The summed E-state index contributed by atoms with van der Waals surface area (Å²) in [6.07, 6.45) is 9.16. The average Bonchev–Trinajstić information content (AvgIpc) is 3.33. The monoisotopic (exact) mass is 283 g/mol. The third-order valence-electron chi connectivity index (χ3n) is 3.53. The molecule has 1 unspecified atom stereocenters. The van der Waals surface area contributed by atoms with Crippen molar-refractivity contribution in [2.75, 3.05) is 6.54 Å². The van der Waals surface area contributed by atoms with Crippen LogP contribution in [0.1, 0.15) is 43.4 Å². The zero-order chi connectivity index (χ0) is 14.5. The van der Waals surface area contributed by atoms with Gasteiger partial charge in [0.25, 0.3) is 0 Å². The lowest BCUT2D eigenvalue weighted by molar-refractivity contribution is 0.302. The maximum atomic E-state index is 5.90. The Morgan fingerprint density at radius 1 is 1.24 bits per heavy atom. The van der Waals surface area contributed by atoms with E-state index in [0.29, 0.717) is 6.10 Å². The third-order valence-corrected chi connectivity index (χ3v) is 3.53. The van der Waals surface area contributed by atoms with Gasteiger partial charge in [-0.1, -0.05) is 19.1 Å². The Balaban J connectivity index is 1.84. The van der Waals surface area contributed by atoms with Crippen molar-refractivity contribution in [3.05, 3.63) is 54.1 Å². The zero-order valence-electron chi connectivity index (χ0n) is 12.3. The molecule has 1 atom stereocenters. The molecule has 1 fully saturated rings. The first kappa shape index (κ1) is 14.0. The van der Waals surface area contributed by atoms with Crippen molar-refractivity contribution in [1.82, 2.24) is 15.3 Å². The van der Waals surface area contributed by atoms with E-state index in [1.165, 1.54) is 18.4 Å². The van der Waals surface area contributed by atoms with E-state index in [1.807, 2.05) is 18.5 Å². The second kappa shape index (κ2) is 6.68. The fourth-order valence-electron chi connectivity index (χ4n) is 2.32. The summed E-state index contributed by atoms with van der Waals surface area (Å²) in [6, 6.07) is 8.44. The van der Waals surface area contributed by atoms with Crippen LogP contribution >= 0.6 is 0 Å². The van der Waals surface area contributed by atoms with Crippen LogP contribution in [0.25, 0.3) is 0 Å². The van der Waals surface area contributed by atoms with E-state index in [4.69, 9.17) is 4.74 Å². The second-order valence-electron chi connectivity index (χ2n) is 5.45. The molecule has 1 N–H and O–H groups in total. The highest BCUT2D eigenvalue weighted by Gasteiger charge is 2.24. The van der Waals surface area contributed by atoms with Gasteiger partial charge in [0, 0.05) is 18.0 Å². The van der Waals surface area contributed by atoms with Gasteiger partial charge in [0.1, 0.15) is 12.1 Å². The molecule has 0 saturated heterocycles. The van der Waals surface area contributed by atoms with E-state index in [2.05, 4.69) is 40.4 Å². The van der Waals surface area contributed by atoms with Crippen LogP contribution in [0.4, 0.5) is 0 Å². The van der Waals surface area contributed by atoms with E-state index in [1.54, 1.807) is 6.33 Å². The zero-order valence-corrected chi connectivity index (χ0v) is 12.3. The van der Waals surface area contributed by atoms with Gasteiger partial charge < -0.3 is 10.1 Å². The number of ether oxygens (including phenoxy) is 1. The molecule has 0 radical (unpaired) electrons. The lowest BCUT2D eigenvalue weighted by Gasteiger charge is -2.19. The second-order valence-corrected chi connectivity index (χ2v) is 5.45. The fourth-order valence-corrected chi connectivity index (χ4v) is 2.32. The topological polar surface area (TPSA) is 47.0 Å². The van der Waals surface area contributed by atoms with Crippen LogP contribution in [0.5, 0.6) is 5.75 Å². The van der Waals surface area contributed by atoms with Crippen molar-refractivity contribution in [2.24, 2.45) is 0 Å². The SMILES string of the molecule is CCCNC(c1cncnc1)c1cccc(OC2CC2)c1. The molecule has 21 heavy (non-hydrogen) atoms. The molecule has 1 aliphatic rings. The summed E-state index contributed by atoms with van der Waals surface area (Å²) >= 11 is 0. The molecule has 1 aliphatic carbocycles. The van der Waals surface area contributed by atoms with Gasteiger partial charge in [0.2, 0.25) is 0 Å². The molecule has 0 aliphatic heterocycles. The molecule has 1 heterocycles. The number of nitrogens with one attached hydrogen (secondary N) is 1. The number of benzene rings is 1. The highest BCUT2D eigenvalue weighted by atomic mass is 16.5. The Hall–Kier alpha value is -1.94. The molecule has 2 aromatic rings. The summed E-state index contributed by atoms with van der Waals surface area (Å²) in [5.41, 5.74) is 2.27. The summed E-state index contributed by atoms with van der Waals surface area (Å²) in [5, 5.41) is 3.56. The van der Waals surface area contributed by atoms with Crippen molar-refractivity contribution in [1.29, 1.82) is 0 Å². The lowest BCUT2D eigenvalue weighted by Crippen LogP contribution is -2.23. The van der Waals surface area contributed by atoms with Gasteiger partial charge in [-0.25, -0.2) is 9.97 Å². The summed E-state index contributed by atoms with van der Waals surface area (Å²) in [6.45, 7) is 3.12. The van der Waals surface area contributed by atoms with E-state index >= 15 is 0 Å². The quantitative estimate of drug-likeness (QED) is 0.848. The molecule has 3 rings (SSSR count). The predicted octanol–water partition coefficient (Wildman–Crippen LogP) is 3.11. The predicted molar refractivity (Wildman–Crippen MR) is 82.3 cm³/mol. The molecule has 0 bridgehead atoms. The van der Waals surface area contributed by atoms with Crippen molar-refractivity contribution in [2.45, 2.75) is 38.3 Å². The van der Waals surface area contributed by atoms with Crippen LogP contribution in [0.2, 0.25) is 0 Å². The Bertz CT molecular complexity index is 569. The van der Waals surface area contributed by atoms with Gasteiger partial charge in [0.15, 0.2) is 0 Å². The number of aromatic nitrogens is 2. The van der Waals surface area contributed by atoms with Gasteiger partial charge in [-0.2, -0.15) is 0 Å². The van der Waals surface area contributed by atoms with Crippen molar-refractivity contribution in [3.8, 4) is 5.75 Å². The largest absolute Gasteiger partial charge is 0.490 e. The average molecular weight is 283 g/mol. The van der Waals surface area contributed by atoms with E-state index in [0.717, 1.165) is 24.3 Å². The van der Waals surface area contributed by atoms with Crippen molar-refractivity contribution in [3.63, 3.8) is 0 Å². The smallest absolute Gasteiger partial charge is 0.120 e. The minimum absolute atomic E-state index is 0.105. The molecule has 4 nitrogen and oxygen atoms in total. The van der Waals surface area contributed by atoms with Gasteiger partial charge in [-0.05, 0) is 43.5 Å². The molecule has 4 heteroatoms. The number of hydrogen-bond acceptors (Lipinski definition) is 4. The number of hydrogen-bond donors (Lipinski definition) is 1. The Morgan fingerprint density at radius 3 is 2.76 bits per heavy atom. The molecular formula is C17H21N3O. The van der Waals surface area contributed by atoms with Crippen molar-refractivity contribution < 1.29 is 4.74 Å². The first-order chi connectivity index (χ1) is 10.4. The fraction of sp³-hybridized carbons (Fsp3) is 0.412. The maximum absolute atomic E-state index is 5.90. The van der Waals surface area contributed by atoms with E-state index in [9.17, 15) is 0 Å². The lowest BCUT2D eigenvalue weighted by atomic mass is 10.0. The molecule has 110 valence electrons. The summed E-state index contributed by atoms with van der Waals surface area (Å²) in [4.78, 5) is 8.28. The van der Waals surface area contributed by atoms with Gasteiger partial charge >= 0.3 is 0 Å². The summed E-state index contributed by atoms with van der Waals surface area (Å²) < 4.78 is 5.90. The molecular weight excluding hydrogens is 262 g/mol. The van der Waals surface area contributed by atoms with Crippen LogP contribution in [-0.4, -0.2) is 22.6 Å². The summed E-state index contributed by atoms with van der Waals surface area (Å²) in [7, 11) is 0. The number of rotatable bonds is 7. The third kappa shape index (κ3) is 3.79. The molecule has 0 amide bonds. The first-order valence-corrected chi connectivity index (χ1v) is 7.61. The minimum Gasteiger partial charge on any atom is -0.490 e. The molecule has 0 spiro atoms. The van der Waals surface area contributed by atoms with Gasteiger partial charge in [-0.15, -0.1) is 0 Å². The van der Waals surface area contributed by atoms with Gasteiger partial charge in [0.05, 0.1) is 12.1 Å². The van der Waals surface area contributed by atoms with Crippen molar-refractivity contribution >= 4 is 0 Å².